The molecule has 0 bridgehead atoms. The number of hydrogen-bond acceptors (Lipinski definition) is 4. The van der Waals surface area contributed by atoms with Crippen LogP contribution in [0.3, 0.4) is 0 Å². The Bertz CT molecular complexity index is 866. The monoisotopic (exact) mass is 388 g/mol. The fourth-order valence-electron chi connectivity index (χ4n) is 3.79. The number of anilines is 1. The summed E-state index contributed by atoms with van der Waals surface area (Å²) in [6, 6.07) is 7.81. The van der Waals surface area contributed by atoms with Crippen molar-refractivity contribution in [3.63, 3.8) is 0 Å². The quantitative estimate of drug-likeness (QED) is 0.794. The van der Waals surface area contributed by atoms with Crippen molar-refractivity contribution in [1.82, 2.24) is 4.90 Å². The third-order valence-corrected chi connectivity index (χ3v) is 6.19. The molecule has 27 heavy (non-hydrogen) atoms. The van der Waals surface area contributed by atoms with Crippen LogP contribution >= 0.6 is 11.3 Å². The molecule has 142 valence electrons. The van der Waals surface area contributed by atoms with E-state index in [1.807, 2.05) is 23.3 Å². The lowest BCUT2D eigenvalue weighted by atomic mass is 9.90. The molecule has 1 aromatic heterocycles. The third kappa shape index (κ3) is 3.61. The molecule has 2 aliphatic heterocycles. The van der Waals surface area contributed by atoms with Gasteiger partial charge >= 0.3 is 0 Å². The maximum absolute atomic E-state index is 13.2. The molecule has 0 radical (unpaired) electrons. The van der Waals surface area contributed by atoms with Gasteiger partial charge in [0.15, 0.2) is 0 Å². The Morgan fingerprint density at radius 3 is 2.74 bits per heavy atom. The number of halogens is 1. The van der Waals surface area contributed by atoms with Crippen molar-refractivity contribution in [3.05, 3.63) is 52.0 Å². The normalized spacial score (nSPS) is 23.1. The highest BCUT2D eigenvalue weighted by Crippen LogP contribution is 2.33. The number of benzene rings is 1. The number of carbonyl (C=O) groups excluding carboxylic acids is 2. The number of hydrogen-bond donors (Lipinski definition) is 0. The van der Waals surface area contributed by atoms with Gasteiger partial charge in [-0.05, 0) is 61.0 Å². The van der Waals surface area contributed by atoms with E-state index in [1.165, 1.54) is 23.5 Å². The lowest BCUT2D eigenvalue weighted by Crippen LogP contribution is -2.62. The van der Waals surface area contributed by atoms with E-state index in [0.29, 0.717) is 25.3 Å². The largest absolute Gasteiger partial charge is 0.361 e. The molecule has 2 amide bonds. The predicted octanol–water partition coefficient (Wildman–Crippen LogP) is 3.23. The summed E-state index contributed by atoms with van der Waals surface area (Å²) >= 11 is 1.45. The molecule has 2 fully saturated rings. The van der Waals surface area contributed by atoms with Gasteiger partial charge in [0.2, 0.25) is 0 Å². The molecule has 0 saturated carbocycles. The minimum absolute atomic E-state index is 0.0148. The van der Waals surface area contributed by atoms with Crippen LogP contribution in [0.2, 0.25) is 0 Å². The lowest BCUT2D eigenvalue weighted by Gasteiger charge is -2.47. The summed E-state index contributed by atoms with van der Waals surface area (Å²) in [4.78, 5) is 29.4. The maximum Gasteiger partial charge on any atom is 0.264 e. The van der Waals surface area contributed by atoms with Gasteiger partial charge in [0.25, 0.3) is 11.8 Å². The van der Waals surface area contributed by atoms with Crippen LogP contribution < -0.4 is 4.90 Å². The molecule has 1 aromatic carbocycles. The van der Waals surface area contributed by atoms with Gasteiger partial charge in [0.1, 0.15) is 18.0 Å². The fraction of sp³-hybridized carbons (Fsp3) is 0.400. The number of piperidine rings is 1. The summed E-state index contributed by atoms with van der Waals surface area (Å²) in [5, 5.41) is 1.97. The molecule has 5 nitrogen and oxygen atoms in total. The molecule has 1 unspecified atom stereocenters. The van der Waals surface area contributed by atoms with Crippen LogP contribution in [0.15, 0.2) is 35.7 Å². The van der Waals surface area contributed by atoms with Crippen LogP contribution in [-0.2, 0) is 9.53 Å². The highest BCUT2D eigenvalue weighted by atomic mass is 32.1. The summed E-state index contributed by atoms with van der Waals surface area (Å²) in [6.45, 7) is 3.45. The van der Waals surface area contributed by atoms with E-state index in [1.54, 1.807) is 17.0 Å². The van der Waals surface area contributed by atoms with E-state index in [9.17, 15) is 14.0 Å². The van der Waals surface area contributed by atoms with Gasteiger partial charge in [-0.1, -0.05) is 0 Å². The second kappa shape index (κ2) is 7.05. The van der Waals surface area contributed by atoms with Crippen LogP contribution in [0.25, 0.3) is 0 Å². The van der Waals surface area contributed by atoms with Crippen LogP contribution in [0.4, 0.5) is 10.1 Å². The van der Waals surface area contributed by atoms with Crippen LogP contribution in [0.1, 0.15) is 28.1 Å². The molecular weight excluding hydrogens is 367 g/mol. The molecule has 0 aliphatic carbocycles. The number of rotatable bonds is 2. The highest BCUT2D eigenvalue weighted by molar-refractivity contribution is 7.12. The second-order valence-corrected chi connectivity index (χ2v) is 8.16. The number of ether oxygens (including phenoxy) is 1. The number of morpholine rings is 1. The average Bonchev–Trinajstić information content (AvgIpc) is 3.11. The van der Waals surface area contributed by atoms with Gasteiger partial charge < -0.3 is 14.5 Å². The number of likely N-dealkylation sites (tertiary alicyclic amines) is 1. The van der Waals surface area contributed by atoms with Gasteiger partial charge in [0.05, 0.1) is 18.0 Å². The van der Waals surface area contributed by atoms with Gasteiger partial charge in [0, 0.05) is 12.2 Å². The number of nitrogens with zero attached hydrogens (tertiary/aromatic N) is 2. The summed E-state index contributed by atoms with van der Waals surface area (Å²) in [5.41, 5.74) is 1.15. The van der Waals surface area contributed by atoms with Gasteiger partial charge in [-0.2, -0.15) is 0 Å². The lowest BCUT2D eigenvalue weighted by molar-refractivity contribution is -0.144. The maximum atomic E-state index is 13.2. The number of amides is 2. The summed E-state index contributed by atoms with van der Waals surface area (Å²) in [5.74, 6) is -0.472. The van der Waals surface area contributed by atoms with Gasteiger partial charge in [-0.25, -0.2) is 4.39 Å². The van der Waals surface area contributed by atoms with Crippen molar-refractivity contribution in [1.29, 1.82) is 0 Å². The summed E-state index contributed by atoms with van der Waals surface area (Å²) in [7, 11) is 0. The molecule has 3 heterocycles. The van der Waals surface area contributed by atoms with Crippen molar-refractivity contribution in [3.8, 4) is 0 Å². The average molecular weight is 388 g/mol. The molecule has 0 N–H and O–H groups in total. The van der Waals surface area contributed by atoms with E-state index >= 15 is 0 Å². The molecular formula is C20H21FN2O3S. The zero-order chi connectivity index (χ0) is 19.0. The highest BCUT2D eigenvalue weighted by Gasteiger charge is 2.44. The van der Waals surface area contributed by atoms with Crippen molar-refractivity contribution in [2.75, 3.05) is 31.1 Å². The summed E-state index contributed by atoms with van der Waals surface area (Å²) < 4.78 is 19.2. The summed E-state index contributed by atoms with van der Waals surface area (Å²) in [6.07, 6.45) is 1.60. The number of aryl methyl sites for hydroxylation is 1. The van der Waals surface area contributed by atoms with Crippen molar-refractivity contribution in [2.45, 2.75) is 25.4 Å². The second-order valence-electron chi connectivity index (χ2n) is 7.25. The van der Waals surface area contributed by atoms with Crippen molar-refractivity contribution >= 4 is 28.8 Å². The topological polar surface area (TPSA) is 49.9 Å². The van der Waals surface area contributed by atoms with E-state index in [-0.39, 0.29) is 24.2 Å². The number of thiophene rings is 1. The van der Waals surface area contributed by atoms with Crippen molar-refractivity contribution in [2.24, 2.45) is 0 Å². The van der Waals surface area contributed by atoms with Gasteiger partial charge in [-0.3, -0.25) is 9.59 Å². The molecule has 2 aromatic rings. The smallest absolute Gasteiger partial charge is 0.264 e. The van der Waals surface area contributed by atoms with Crippen LogP contribution in [0, 0.1) is 12.7 Å². The zero-order valence-corrected chi connectivity index (χ0v) is 15.9. The first kappa shape index (κ1) is 18.1. The fourth-order valence-corrected chi connectivity index (χ4v) is 4.65. The van der Waals surface area contributed by atoms with E-state index < -0.39 is 5.60 Å². The molecule has 1 spiro atoms. The Kier molecular flexibility index (Phi) is 4.74. The first-order valence-corrected chi connectivity index (χ1v) is 9.88. The van der Waals surface area contributed by atoms with Crippen LogP contribution in [0.5, 0.6) is 0 Å². The Balaban J connectivity index is 1.54. The van der Waals surface area contributed by atoms with Crippen molar-refractivity contribution < 1.29 is 18.7 Å². The molecule has 2 saturated heterocycles. The SMILES string of the molecule is Cc1csc(C(=O)N2CCCC3(C2)CN(c2ccc(F)cc2)C(=O)CO3)c1. The zero-order valence-electron chi connectivity index (χ0n) is 15.1. The Morgan fingerprint density at radius 1 is 1.26 bits per heavy atom. The Morgan fingerprint density at radius 2 is 2.04 bits per heavy atom. The molecule has 2 aliphatic rings. The first-order chi connectivity index (χ1) is 13.0. The standard InChI is InChI=1S/C20H21FN2O3S/c1-14-9-17(27-11-14)19(25)22-8-2-7-20(12-22)13-23(18(24)10-26-20)16-5-3-15(21)4-6-16/h3-6,9,11H,2,7-8,10,12-13H2,1H3. The van der Waals surface area contributed by atoms with Crippen LogP contribution in [-0.4, -0.2) is 48.6 Å². The molecule has 4 rings (SSSR count). The minimum atomic E-state index is -0.581. The minimum Gasteiger partial charge on any atom is -0.361 e. The molecule has 7 heteroatoms. The van der Waals surface area contributed by atoms with E-state index in [0.717, 1.165) is 23.3 Å². The Hall–Kier alpha value is -2.25. The van der Waals surface area contributed by atoms with E-state index in [2.05, 4.69) is 0 Å². The van der Waals surface area contributed by atoms with Gasteiger partial charge in [-0.15, -0.1) is 11.3 Å². The predicted molar refractivity (Wildman–Crippen MR) is 102 cm³/mol. The Labute approximate surface area is 161 Å². The molecule has 1 atom stereocenters. The number of carbonyl (C=O) groups is 2. The third-order valence-electron chi connectivity index (χ3n) is 5.16. The van der Waals surface area contributed by atoms with E-state index in [4.69, 9.17) is 4.74 Å². The first-order valence-electron chi connectivity index (χ1n) is 9.00.